The van der Waals surface area contributed by atoms with Gasteiger partial charge in [0.05, 0.1) is 37.2 Å². The molecule has 0 aromatic heterocycles. The summed E-state index contributed by atoms with van der Waals surface area (Å²) in [6, 6.07) is 4.78. The first-order chi connectivity index (χ1) is 12.0. The normalized spacial score (nSPS) is 19.2. The van der Waals surface area contributed by atoms with Gasteiger partial charge in [-0.2, -0.15) is 0 Å². The molecule has 132 valence electrons. The number of carbonyl (C=O) groups is 3. The fourth-order valence-electron chi connectivity index (χ4n) is 3.06. The van der Waals surface area contributed by atoms with Gasteiger partial charge in [-0.15, -0.1) is 11.8 Å². The average Bonchev–Trinajstić information content (AvgIpc) is 3.16. The summed E-state index contributed by atoms with van der Waals surface area (Å²) in [5.41, 5.74) is 0.529. The zero-order chi connectivity index (χ0) is 18.1. The van der Waals surface area contributed by atoms with E-state index in [9.17, 15) is 14.4 Å². The molecule has 1 aromatic carbocycles. The number of hydrogen-bond donors (Lipinski definition) is 1. The van der Waals surface area contributed by atoms with Gasteiger partial charge in [0.25, 0.3) is 0 Å². The molecular weight excluding hydrogens is 346 g/mol. The van der Waals surface area contributed by atoms with Crippen LogP contribution in [0.4, 0.5) is 0 Å². The number of ether oxygens (including phenoxy) is 2. The third-order valence-electron chi connectivity index (χ3n) is 4.22. The summed E-state index contributed by atoms with van der Waals surface area (Å²) in [6.07, 6.45) is -0.404. The molecule has 1 fully saturated rings. The Morgan fingerprint density at radius 2 is 2.08 bits per heavy atom. The number of ketones is 1. The van der Waals surface area contributed by atoms with E-state index in [4.69, 9.17) is 14.6 Å². The van der Waals surface area contributed by atoms with Crippen LogP contribution in [-0.2, 0) is 9.59 Å². The molecule has 0 unspecified atom stereocenters. The Balaban J connectivity index is 2.06. The predicted octanol–water partition coefficient (Wildman–Crippen LogP) is 1.78. The van der Waals surface area contributed by atoms with Crippen LogP contribution >= 0.6 is 11.8 Å². The highest BCUT2D eigenvalue weighted by atomic mass is 32.2. The van der Waals surface area contributed by atoms with Gasteiger partial charge in [0.2, 0.25) is 5.91 Å². The molecule has 25 heavy (non-hydrogen) atoms. The van der Waals surface area contributed by atoms with Crippen LogP contribution in [0.15, 0.2) is 28.8 Å². The van der Waals surface area contributed by atoms with E-state index >= 15 is 0 Å². The lowest BCUT2D eigenvalue weighted by Crippen LogP contribution is -2.29. The van der Waals surface area contributed by atoms with E-state index in [2.05, 4.69) is 0 Å². The van der Waals surface area contributed by atoms with Crippen molar-refractivity contribution in [3.8, 4) is 11.5 Å². The molecule has 2 heterocycles. The van der Waals surface area contributed by atoms with Gasteiger partial charge in [-0.1, -0.05) is 0 Å². The lowest BCUT2D eigenvalue weighted by Gasteiger charge is -2.14. The third-order valence-corrected chi connectivity index (χ3v) is 5.32. The Labute approximate surface area is 148 Å². The van der Waals surface area contributed by atoms with E-state index in [1.807, 2.05) is 0 Å². The van der Waals surface area contributed by atoms with Crippen molar-refractivity contribution < 1.29 is 29.0 Å². The van der Waals surface area contributed by atoms with Gasteiger partial charge < -0.3 is 19.5 Å². The average molecular weight is 363 g/mol. The monoisotopic (exact) mass is 363 g/mol. The molecule has 3 rings (SSSR count). The van der Waals surface area contributed by atoms with Crippen LogP contribution in [0.3, 0.4) is 0 Å². The lowest BCUT2D eigenvalue weighted by atomic mass is 9.91. The molecule has 0 spiro atoms. The number of aliphatic carboxylic acids is 1. The summed E-state index contributed by atoms with van der Waals surface area (Å²) in [4.78, 5) is 38.4. The molecule has 0 saturated carbocycles. The number of carboxylic acid groups (broad SMARTS) is 1. The van der Waals surface area contributed by atoms with E-state index in [0.717, 1.165) is 0 Å². The first kappa shape index (κ1) is 17.3. The van der Waals surface area contributed by atoms with Crippen LogP contribution in [0.5, 0.6) is 11.5 Å². The van der Waals surface area contributed by atoms with E-state index in [1.165, 1.54) is 30.9 Å². The maximum atomic E-state index is 13.1. The molecule has 1 aromatic rings. The van der Waals surface area contributed by atoms with Gasteiger partial charge in [0, 0.05) is 23.9 Å². The number of hydrogen-bond acceptors (Lipinski definition) is 6. The van der Waals surface area contributed by atoms with Gasteiger partial charge in [-0.3, -0.25) is 14.4 Å². The van der Waals surface area contributed by atoms with Crippen LogP contribution in [0.25, 0.3) is 0 Å². The lowest BCUT2D eigenvalue weighted by molar-refractivity contribution is -0.141. The molecule has 1 atom stereocenters. The van der Waals surface area contributed by atoms with Crippen LogP contribution in [0, 0.1) is 5.92 Å². The van der Waals surface area contributed by atoms with Crippen molar-refractivity contribution in [2.75, 3.05) is 26.5 Å². The molecular formula is C17H17NO6S. The molecule has 0 radical (unpaired) electrons. The fourth-order valence-corrected chi connectivity index (χ4v) is 4.25. The van der Waals surface area contributed by atoms with Crippen molar-refractivity contribution in [3.63, 3.8) is 0 Å². The predicted molar refractivity (Wildman–Crippen MR) is 90.8 cm³/mol. The van der Waals surface area contributed by atoms with Crippen LogP contribution < -0.4 is 9.47 Å². The topological polar surface area (TPSA) is 93.1 Å². The Bertz CT molecular complexity index is 787. The van der Waals surface area contributed by atoms with E-state index in [0.29, 0.717) is 28.8 Å². The summed E-state index contributed by atoms with van der Waals surface area (Å²) < 4.78 is 10.4. The number of carbonyl (C=O) groups excluding carboxylic acids is 2. The van der Waals surface area contributed by atoms with Crippen molar-refractivity contribution in [1.29, 1.82) is 0 Å². The number of carboxylic acids is 1. The number of amides is 1. The Hall–Kier alpha value is -2.48. The zero-order valence-corrected chi connectivity index (χ0v) is 14.6. The highest BCUT2D eigenvalue weighted by Gasteiger charge is 2.46. The van der Waals surface area contributed by atoms with Crippen LogP contribution in [0.2, 0.25) is 0 Å². The van der Waals surface area contributed by atoms with Crippen molar-refractivity contribution in [3.05, 3.63) is 34.4 Å². The van der Waals surface area contributed by atoms with Gasteiger partial charge in [0.15, 0.2) is 5.78 Å². The second-order valence-corrected chi connectivity index (χ2v) is 6.69. The molecule has 2 aliphatic heterocycles. The van der Waals surface area contributed by atoms with Gasteiger partial charge in [-0.25, -0.2) is 0 Å². The smallest absolute Gasteiger partial charge is 0.304 e. The molecule has 7 nitrogen and oxygen atoms in total. The maximum Gasteiger partial charge on any atom is 0.304 e. The fraction of sp³-hybridized carbons (Fsp3) is 0.353. The van der Waals surface area contributed by atoms with Crippen molar-refractivity contribution >= 4 is 29.4 Å². The van der Waals surface area contributed by atoms with E-state index < -0.39 is 18.3 Å². The van der Waals surface area contributed by atoms with Crippen molar-refractivity contribution in [1.82, 2.24) is 4.90 Å². The number of Topliss-reactive ketones (excluding diaryl/α,β-unsaturated/α-hetero) is 1. The van der Waals surface area contributed by atoms with Crippen molar-refractivity contribution in [2.24, 2.45) is 5.92 Å². The number of thioether (sulfide) groups is 1. The summed E-state index contributed by atoms with van der Waals surface area (Å²) in [7, 11) is 2.95. The highest BCUT2D eigenvalue weighted by Crippen LogP contribution is 2.44. The number of rotatable bonds is 6. The van der Waals surface area contributed by atoms with Crippen LogP contribution in [0.1, 0.15) is 16.8 Å². The quantitative estimate of drug-likeness (QED) is 0.770. The second kappa shape index (κ2) is 6.79. The third kappa shape index (κ3) is 2.97. The maximum absolute atomic E-state index is 13.1. The molecule has 0 bridgehead atoms. The minimum absolute atomic E-state index is 0.248. The minimum Gasteiger partial charge on any atom is -0.497 e. The number of benzene rings is 1. The SMILES string of the molecule is COc1ccc(C(=O)C2=C3SCCN3C(=O)[C@H]2CC(=O)O)c(OC)c1. The second-order valence-electron chi connectivity index (χ2n) is 5.60. The van der Waals surface area contributed by atoms with Gasteiger partial charge in [-0.05, 0) is 12.1 Å². The Morgan fingerprint density at radius 1 is 1.32 bits per heavy atom. The van der Waals surface area contributed by atoms with Crippen molar-refractivity contribution in [2.45, 2.75) is 6.42 Å². The Morgan fingerprint density at radius 3 is 2.72 bits per heavy atom. The van der Waals surface area contributed by atoms with Gasteiger partial charge in [0.1, 0.15) is 11.5 Å². The first-order valence-electron chi connectivity index (χ1n) is 7.64. The number of methoxy groups -OCH3 is 2. The summed E-state index contributed by atoms with van der Waals surface area (Å²) in [5, 5.41) is 9.71. The summed E-state index contributed by atoms with van der Waals surface area (Å²) >= 11 is 1.41. The molecule has 1 N–H and O–H groups in total. The molecule has 1 saturated heterocycles. The summed E-state index contributed by atoms with van der Waals surface area (Å²) in [6.45, 7) is 0.492. The summed E-state index contributed by atoms with van der Waals surface area (Å²) in [5.74, 6) is -1.23. The molecule has 2 aliphatic rings. The zero-order valence-electron chi connectivity index (χ0n) is 13.8. The molecule has 1 amide bonds. The molecule has 0 aliphatic carbocycles. The number of fused-ring (bicyclic) bond motifs is 1. The first-order valence-corrected chi connectivity index (χ1v) is 8.63. The highest BCUT2D eigenvalue weighted by molar-refractivity contribution is 8.03. The van der Waals surface area contributed by atoms with Gasteiger partial charge >= 0.3 is 5.97 Å². The largest absolute Gasteiger partial charge is 0.497 e. The van der Waals surface area contributed by atoms with E-state index in [1.54, 1.807) is 18.2 Å². The minimum atomic E-state index is -1.11. The Kier molecular flexibility index (Phi) is 4.71. The number of nitrogens with zero attached hydrogens (tertiary/aromatic N) is 1. The standard InChI is InChI=1S/C17H17NO6S/c1-23-9-3-4-10(12(7-9)24-2)15(21)14-11(8-13(19)20)16(22)18-5-6-25-17(14)18/h3-4,7,11H,5-6,8H2,1-2H3,(H,19,20)/t11-/m0/s1. The van der Waals surface area contributed by atoms with Crippen LogP contribution in [-0.4, -0.2) is 54.2 Å². The van der Waals surface area contributed by atoms with E-state index in [-0.39, 0.29) is 22.8 Å². The molecule has 8 heteroatoms.